The van der Waals surface area contributed by atoms with Gasteiger partial charge in [-0.1, -0.05) is 11.6 Å². The number of nitrogens with zero attached hydrogens (tertiary/aromatic N) is 1. The standard InChI is InChI=1S/C14H23ClN4O2S2.HI/c1-3-16-14(17-8-9-19-23(2,20)21)18-10-11-22-13-6-4-12(15)5-7-13;/h4-7,19H,3,8-11H2,1-2H3,(H2,16,17,18);1H. The maximum atomic E-state index is 11.0. The van der Waals surface area contributed by atoms with Crippen molar-refractivity contribution in [2.75, 3.05) is 38.2 Å². The fourth-order valence-corrected chi connectivity index (χ4v) is 2.97. The van der Waals surface area contributed by atoms with Crippen LogP contribution in [0.1, 0.15) is 6.92 Å². The minimum Gasteiger partial charge on any atom is -0.357 e. The second kappa shape index (κ2) is 13.0. The molecule has 138 valence electrons. The molecular formula is C14H24ClIN4O2S2. The molecule has 0 spiro atoms. The number of nitrogens with one attached hydrogen (secondary N) is 3. The van der Waals surface area contributed by atoms with E-state index in [-0.39, 0.29) is 30.5 Å². The van der Waals surface area contributed by atoms with Gasteiger partial charge in [0.15, 0.2) is 5.96 Å². The number of benzene rings is 1. The predicted octanol–water partition coefficient (Wildman–Crippen LogP) is 2.15. The zero-order valence-corrected chi connectivity index (χ0v) is 18.4. The molecule has 0 aliphatic heterocycles. The molecule has 0 unspecified atom stereocenters. The van der Waals surface area contributed by atoms with Crippen LogP contribution in [0.25, 0.3) is 0 Å². The minimum atomic E-state index is -3.16. The Hall–Kier alpha value is -0.230. The predicted molar refractivity (Wildman–Crippen MR) is 114 cm³/mol. The highest BCUT2D eigenvalue weighted by atomic mass is 127. The van der Waals surface area contributed by atoms with Gasteiger partial charge in [-0.15, -0.1) is 35.7 Å². The Balaban J connectivity index is 0.00000529. The number of guanidine groups is 1. The summed E-state index contributed by atoms with van der Waals surface area (Å²) < 4.78 is 24.3. The molecule has 10 heteroatoms. The molecule has 1 aromatic rings. The molecule has 1 rings (SSSR count). The number of rotatable bonds is 9. The molecule has 0 saturated carbocycles. The van der Waals surface area contributed by atoms with E-state index in [2.05, 4.69) is 20.3 Å². The highest BCUT2D eigenvalue weighted by Crippen LogP contribution is 2.19. The summed E-state index contributed by atoms with van der Waals surface area (Å²) in [6, 6.07) is 7.72. The van der Waals surface area contributed by atoms with E-state index in [1.165, 1.54) is 0 Å². The molecule has 1 aromatic carbocycles. The zero-order valence-electron chi connectivity index (χ0n) is 13.7. The summed E-state index contributed by atoms with van der Waals surface area (Å²) in [5.74, 6) is 1.56. The van der Waals surface area contributed by atoms with Gasteiger partial charge < -0.3 is 10.6 Å². The Bertz CT molecular complexity index is 597. The Morgan fingerprint density at radius 1 is 1.21 bits per heavy atom. The second-order valence-electron chi connectivity index (χ2n) is 4.66. The first kappa shape index (κ1) is 23.8. The van der Waals surface area contributed by atoms with Crippen LogP contribution in [0.15, 0.2) is 34.2 Å². The lowest BCUT2D eigenvalue weighted by atomic mass is 10.4. The van der Waals surface area contributed by atoms with Crippen LogP contribution in [0.3, 0.4) is 0 Å². The van der Waals surface area contributed by atoms with Crippen LogP contribution in [0, 0.1) is 0 Å². The van der Waals surface area contributed by atoms with Crippen molar-refractivity contribution in [1.82, 2.24) is 15.4 Å². The van der Waals surface area contributed by atoms with E-state index in [9.17, 15) is 8.42 Å². The van der Waals surface area contributed by atoms with Crippen molar-refractivity contribution in [3.05, 3.63) is 29.3 Å². The molecule has 0 saturated heterocycles. The molecule has 0 radical (unpaired) electrons. The second-order valence-corrected chi connectivity index (χ2v) is 8.09. The van der Waals surface area contributed by atoms with E-state index in [0.717, 1.165) is 35.0 Å². The third kappa shape index (κ3) is 12.2. The third-order valence-corrected chi connectivity index (χ3v) is 4.56. The van der Waals surface area contributed by atoms with Crippen molar-refractivity contribution < 1.29 is 8.42 Å². The highest BCUT2D eigenvalue weighted by molar-refractivity contribution is 14.0. The van der Waals surface area contributed by atoms with Gasteiger partial charge >= 0.3 is 0 Å². The van der Waals surface area contributed by atoms with Gasteiger partial charge in [0.2, 0.25) is 10.0 Å². The summed E-state index contributed by atoms with van der Waals surface area (Å²) in [6.45, 7) is 4.14. The summed E-state index contributed by atoms with van der Waals surface area (Å²) in [5, 5.41) is 7.07. The minimum absolute atomic E-state index is 0. The number of halogens is 2. The molecule has 0 atom stereocenters. The quantitative estimate of drug-likeness (QED) is 0.157. The van der Waals surface area contributed by atoms with Gasteiger partial charge in [0.25, 0.3) is 0 Å². The van der Waals surface area contributed by atoms with Gasteiger partial charge in [-0.25, -0.2) is 13.1 Å². The first-order chi connectivity index (χ1) is 10.9. The van der Waals surface area contributed by atoms with E-state index in [1.54, 1.807) is 11.8 Å². The molecule has 0 aliphatic rings. The van der Waals surface area contributed by atoms with Gasteiger partial charge in [-0.3, -0.25) is 4.99 Å². The zero-order chi connectivity index (χ0) is 17.1. The molecule has 0 aromatic heterocycles. The number of hydrogen-bond acceptors (Lipinski definition) is 4. The summed E-state index contributed by atoms with van der Waals surface area (Å²) in [6.07, 6.45) is 1.13. The number of aliphatic imine (C=N–C) groups is 1. The van der Waals surface area contributed by atoms with E-state index >= 15 is 0 Å². The average Bonchev–Trinajstić information content (AvgIpc) is 2.48. The molecule has 24 heavy (non-hydrogen) atoms. The first-order valence-electron chi connectivity index (χ1n) is 7.26. The number of hydrogen-bond donors (Lipinski definition) is 3. The molecule has 0 heterocycles. The topological polar surface area (TPSA) is 82.6 Å². The lowest BCUT2D eigenvalue weighted by Gasteiger charge is -2.11. The fraction of sp³-hybridized carbons (Fsp3) is 0.500. The van der Waals surface area contributed by atoms with Crippen LogP contribution >= 0.6 is 47.3 Å². The lowest BCUT2D eigenvalue weighted by molar-refractivity contribution is 0.588. The van der Waals surface area contributed by atoms with Crippen molar-refractivity contribution in [1.29, 1.82) is 0 Å². The van der Waals surface area contributed by atoms with Crippen molar-refractivity contribution in [3.63, 3.8) is 0 Å². The van der Waals surface area contributed by atoms with Crippen molar-refractivity contribution in [3.8, 4) is 0 Å². The fourth-order valence-electron chi connectivity index (χ4n) is 1.61. The van der Waals surface area contributed by atoms with E-state index in [0.29, 0.717) is 12.5 Å². The first-order valence-corrected chi connectivity index (χ1v) is 10.5. The molecule has 0 fully saturated rings. The smallest absolute Gasteiger partial charge is 0.208 e. The normalized spacial score (nSPS) is 11.7. The van der Waals surface area contributed by atoms with Gasteiger partial charge in [0.05, 0.1) is 12.8 Å². The summed E-state index contributed by atoms with van der Waals surface area (Å²) >= 11 is 7.57. The van der Waals surface area contributed by atoms with Gasteiger partial charge in [0, 0.05) is 35.3 Å². The van der Waals surface area contributed by atoms with E-state index in [4.69, 9.17) is 11.6 Å². The molecular weight excluding hydrogens is 483 g/mol. The SMILES string of the molecule is CCNC(=NCCNS(C)(=O)=O)NCCSc1ccc(Cl)cc1.I. The molecule has 0 aliphatic carbocycles. The summed E-state index contributed by atoms with van der Waals surface area (Å²) in [4.78, 5) is 5.48. The number of sulfonamides is 1. The van der Waals surface area contributed by atoms with Gasteiger partial charge in [-0.05, 0) is 31.2 Å². The Morgan fingerprint density at radius 3 is 2.46 bits per heavy atom. The summed E-state index contributed by atoms with van der Waals surface area (Å²) in [7, 11) is -3.16. The lowest BCUT2D eigenvalue weighted by Crippen LogP contribution is -2.39. The number of thioether (sulfide) groups is 1. The van der Waals surface area contributed by atoms with E-state index in [1.807, 2.05) is 31.2 Å². The van der Waals surface area contributed by atoms with Crippen molar-refractivity contribution in [2.45, 2.75) is 11.8 Å². The maximum absolute atomic E-state index is 11.0. The van der Waals surface area contributed by atoms with Crippen LogP contribution < -0.4 is 15.4 Å². The molecule has 0 bridgehead atoms. The Kier molecular flexibility index (Phi) is 12.9. The molecule has 3 N–H and O–H groups in total. The van der Waals surface area contributed by atoms with Crippen molar-refractivity contribution >= 4 is 63.3 Å². The van der Waals surface area contributed by atoms with Crippen LogP contribution in [0.4, 0.5) is 0 Å². The van der Waals surface area contributed by atoms with Gasteiger partial charge in [-0.2, -0.15) is 0 Å². The van der Waals surface area contributed by atoms with Crippen LogP contribution in [0.2, 0.25) is 5.02 Å². The monoisotopic (exact) mass is 506 g/mol. The van der Waals surface area contributed by atoms with Crippen LogP contribution in [-0.4, -0.2) is 52.6 Å². The van der Waals surface area contributed by atoms with E-state index < -0.39 is 10.0 Å². The van der Waals surface area contributed by atoms with Crippen LogP contribution in [-0.2, 0) is 10.0 Å². The van der Waals surface area contributed by atoms with Crippen molar-refractivity contribution in [2.24, 2.45) is 4.99 Å². The maximum Gasteiger partial charge on any atom is 0.208 e. The third-order valence-electron chi connectivity index (χ3n) is 2.57. The van der Waals surface area contributed by atoms with Gasteiger partial charge in [0.1, 0.15) is 0 Å². The summed E-state index contributed by atoms with van der Waals surface area (Å²) in [5.41, 5.74) is 0. The molecule has 6 nitrogen and oxygen atoms in total. The molecule has 0 amide bonds. The Morgan fingerprint density at radius 2 is 1.88 bits per heavy atom. The largest absolute Gasteiger partial charge is 0.357 e. The van der Waals surface area contributed by atoms with Crippen LogP contribution in [0.5, 0.6) is 0 Å². The Labute approximate surface area is 170 Å². The highest BCUT2D eigenvalue weighted by Gasteiger charge is 2.00. The average molecular weight is 507 g/mol.